The molecule has 0 aromatic rings. The first kappa shape index (κ1) is 40.1. The summed E-state index contributed by atoms with van der Waals surface area (Å²) in [4.78, 5) is 0. The molecule has 0 fully saturated rings. The lowest BCUT2D eigenvalue weighted by Crippen LogP contribution is -2.16. The highest BCUT2D eigenvalue weighted by Crippen LogP contribution is 2.12. The van der Waals surface area contributed by atoms with Crippen LogP contribution in [0.25, 0.3) is 0 Å². The first-order valence-corrected chi connectivity index (χ1v) is 18.2. The highest BCUT2D eigenvalue weighted by atomic mass is 14.8. The molecule has 0 aliphatic heterocycles. The third kappa shape index (κ3) is 43.0. The van der Waals surface area contributed by atoms with Gasteiger partial charge in [-0.1, -0.05) is 194 Å². The van der Waals surface area contributed by atoms with E-state index in [4.69, 9.17) is 5.73 Å². The fraction of sp³-hybridized carbons (Fsp3) is 1.00. The van der Waals surface area contributed by atoms with Gasteiger partial charge < -0.3 is 11.1 Å². The lowest BCUT2D eigenvalue weighted by molar-refractivity contribution is 0.523. The minimum Gasteiger partial charge on any atom is -0.330 e. The summed E-state index contributed by atoms with van der Waals surface area (Å²) in [6, 6.07) is 0. The summed E-state index contributed by atoms with van der Waals surface area (Å²) in [5.74, 6) is 0. The molecule has 0 aromatic carbocycles. The topological polar surface area (TPSA) is 38.0 Å². The maximum absolute atomic E-state index is 5.39. The van der Waals surface area contributed by atoms with E-state index in [1.807, 2.05) is 0 Å². The molecule has 0 amide bonds. The van der Waals surface area contributed by atoms with Gasteiger partial charge in [0.05, 0.1) is 0 Å². The van der Waals surface area contributed by atoms with Gasteiger partial charge in [0.25, 0.3) is 0 Å². The van der Waals surface area contributed by atoms with Crippen LogP contribution in [0.5, 0.6) is 0 Å². The van der Waals surface area contributed by atoms with Gasteiger partial charge in [0, 0.05) is 0 Å². The van der Waals surface area contributed by atoms with Crippen molar-refractivity contribution in [2.45, 2.75) is 213 Å². The maximum atomic E-state index is 5.39. The molecule has 0 atom stereocenters. The van der Waals surface area contributed by atoms with Crippen LogP contribution in [0.4, 0.5) is 0 Å². The zero-order valence-electron chi connectivity index (χ0n) is 27.4. The van der Waals surface area contributed by atoms with Crippen molar-refractivity contribution in [3.05, 3.63) is 0 Å². The van der Waals surface area contributed by atoms with E-state index < -0.39 is 0 Å². The smallest absolute Gasteiger partial charge is 0.00489 e. The first-order valence-electron chi connectivity index (χ1n) is 18.2. The van der Waals surface area contributed by atoms with Gasteiger partial charge in [-0.3, -0.25) is 0 Å². The van der Waals surface area contributed by atoms with Gasteiger partial charge in [-0.2, -0.15) is 0 Å². The second kappa shape index (κ2) is 41.4. The quantitative estimate of drug-likeness (QED) is 0.0835. The van der Waals surface area contributed by atoms with Gasteiger partial charge in [-0.05, 0) is 38.9 Å². The van der Waals surface area contributed by atoms with Crippen LogP contribution in [-0.2, 0) is 0 Å². The molecule has 0 aromatic heterocycles. The first-order chi connectivity index (χ1) is 18.8. The standard InChI is InChI=1S/C26H55N.C10H23N/c1-3-5-7-9-11-13-15-17-19-21-23-25-27-26-24-22-20-18-16-14-12-10-8-6-4-2;1-2-3-4-5-6-7-8-9-10-11/h27H,3-26H2,1-2H3;2-11H2,1H3. The van der Waals surface area contributed by atoms with Gasteiger partial charge in [0.2, 0.25) is 0 Å². The number of rotatable bonds is 32. The minimum atomic E-state index is 0.870. The number of nitrogens with one attached hydrogen (secondary N) is 1. The molecule has 0 radical (unpaired) electrons. The van der Waals surface area contributed by atoms with Crippen molar-refractivity contribution < 1.29 is 0 Å². The van der Waals surface area contributed by atoms with Crippen LogP contribution < -0.4 is 11.1 Å². The van der Waals surface area contributed by atoms with Crippen molar-refractivity contribution >= 4 is 0 Å². The van der Waals surface area contributed by atoms with Crippen molar-refractivity contribution in [3.63, 3.8) is 0 Å². The molecule has 38 heavy (non-hydrogen) atoms. The minimum absolute atomic E-state index is 0.870. The molecule has 232 valence electrons. The van der Waals surface area contributed by atoms with Gasteiger partial charge in [0.1, 0.15) is 0 Å². The number of hydrogen-bond acceptors (Lipinski definition) is 2. The average molecular weight is 539 g/mol. The fourth-order valence-electron chi connectivity index (χ4n) is 5.23. The molecule has 2 heteroatoms. The summed E-state index contributed by atoms with van der Waals surface area (Å²) >= 11 is 0. The summed E-state index contributed by atoms with van der Waals surface area (Å²) in [5.41, 5.74) is 5.39. The molecule has 0 saturated heterocycles. The van der Waals surface area contributed by atoms with Crippen LogP contribution in [0, 0.1) is 0 Å². The highest BCUT2D eigenvalue weighted by molar-refractivity contribution is 4.53. The average Bonchev–Trinajstić information content (AvgIpc) is 2.93. The largest absolute Gasteiger partial charge is 0.330 e. The Labute approximate surface area is 243 Å². The Morgan fingerprint density at radius 2 is 0.500 bits per heavy atom. The van der Waals surface area contributed by atoms with Crippen molar-refractivity contribution in [3.8, 4) is 0 Å². The summed E-state index contributed by atoms with van der Waals surface area (Å²) in [6.45, 7) is 10.2. The predicted octanol–water partition coefficient (Wildman–Crippen LogP) is 12.3. The molecule has 3 N–H and O–H groups in total. The van der Waals surface area contributed by atoms with Crippen LogP contribution in [-0.4, -0.2) is 19.6 Å². The van der Waals surface area contributed by atoms with E-state index in [0.29, 0.717) is 0 Å². The second-order valence-electron chi connectivity index (χ2n) is 12.1. The van der Waals surface area contributed by atoms with Crippen molar-refractivity contribution in [1.29, 1.82) is 0 Å². The Balaban J connectivity index is 0. The van der Waals surface area contributed by atoms with Gasteiger partial charge >= 0.3 is 0 Å². The molecule has 0 spiro atoms. The third-order valence-corrected chi connectivity index (χ3v) is 7.97. The molecule has 0 heterocycles. The van der Waals surface area contributed by atoms with Crippen LogP contribution in [0.1, 0.15) is 213 Å². The molecule has 0 aliphatic rings. The Kier molecular flexibility index (Phi) is 43.6. The number of hydrogen-bond donors (Lipinski definition) is 2. The molecule has 0 saturated carbocycles. The Hall–Kier alpha value is -0.0800. The van der Waals surface area contributed by atoms with E-state index >= 15 is 0 Å². The van der Waals surface area contributed by atoms with Crippen LogP contribution in [0.3, 0.4) is 0 Å². The second-order valence-corrected chi connectivity index (χ2v) is 12.1. The molecular weight excluding hydrogens is 460 g/mol. The molecular formula is C36H78N2. The van der Waals surface area contributed by atoms with E-state index in [2.05, 4.69) is 26.1 Å². The molecule has 2 nitrogen and oxygen atoms in total. The number of nitrogens with two attached hydrogens (primary N) is 1. The van der Waals surface area contributed by atoms with Crippen molar-refractivity contribution in [2.24, 2.45) is 5.73 Å². The van der Waals surface area contributed by atoms with Crippen LogP contribution >= 0.6 is 0 Å². The van der Waals surface area contributed by atoms with Gasteiger partial charge in [-0.15, -0.1) is 0 Å². The van der Waals surface area contributed by atoms with Gasteiger partial charge in [-0.25, -0.2) is 0 Å². The maximum Gasteiger partial charge on any atom is -0.00489 e. The summed E-state index contributed by atoms with van der Waals surface area (Å²) in [6.07, 6.45) is 42.7. The number of unbranched alkanes of at least 4 members (excludes halogenated alkanes) is 27. The van der Waals surface area contributed by atoms with E-state index in [1.54, 1.807) is 0 Å². The third-order valence-electron chi connectivity index (χ3n) is 7.97. The normalized spacial score (nSPS) is 11.1. The highest BCUT2D eigenvalue weighted by Gasteiger charge is 1.95. The van der Waals surface area contributed by atoms with E-state index in [-0.39, 0.29) is 0 Å². The monoisotopic (exact) mass is 539 g/mol. The van der Waals surface area contributed by atoms with Crippen LogP contribution in [0.15, 0.2) is 0 Å². The SMILES string of the molecule is CCCCCCCCCCCCCNCCCCCCCCCCCCC.CCCCCCCCCCN. The summed E-state index contributed by atoms with van der Waals surface area (Å²) < 4.78 is 0. The summed E-state index contributed by atoms with van der Waals surface area (Å²) in [5, 5.41) is 3.65. The molecule has 0 aliphatic carbocycles. The van der Waals surface area contributed by atoms with E-state index in [1.165, 1.54) is 206 Å². The van der Waals surface area contributed by atoms with Crippen molar-refractivity contribution in [2.75, 3.05) is 19.6 Å². The lowest BCUT2D eigenvalue weighted by atomic mass is 10.1. The van der Waals surface area contributed by atoms with Crippen LogP contribution in [0.2, 0.25) is 0 Å². The van der Waals surface area contributed by atoms with Crippen molar-refractivity contribution in [1.82, 2.24) is 5.32 Å². The predicted molar refractivity (Wildman–Crippen MR) is 177 cm³/mol. The fourth-order valence-corrected chi connectivity index (χ4v) is 5.23. The molecule has 0 bridgehead atoms. The zero-order chi connectivity index (χ0) is 28.0. The Bertz CT molecular complexity index is 325. The Morgan fingerprint density at radius 3 is 0.737 bits per heavy atom. The Morgan fingerprint density at radius 1 is 0.289 bits per heavy atom. The van der Waals surface area contributed by atoms with Gasteiger partial charge in [0.15, 0.2) is 0 Å². The lowest BCUT2D eigenvalue weighted by Gasteiger charge is -2.06. The van der Waals surface area contributed by atoms with E-state index in [9.17, 15) is 0 Å². The zero-order valence-corrected chi connectivity index (χ0v) is 27.4. The summed E-state index contributed by atoms with van der Waals surface area (Å²) in [7, 11) is 0. The van der Waals surface area contributed by atoms with E-state index in [0.717, 1.165) is 6.54 Å². The molecule has 0 rings (SSSR count). The molecule has 0 unspecified atom stereocenters.